The number of rotatable bonds is 4. The summed E-state index contributed by atoms with van der Waals surface area (Å²) in [6.07, 6.45) is 7.37. The van der Waals surface area contributed by atoms with Gasteiger partial charge in [0.05, 0.1) is 12.3 Å². The average molecular weight is 327 g/mol. The molecular formula is C18H21N3O3. The van der Waals surface area contributed by atoms with Gasteiger partial charge in [-0.05, 0) is 56.0 Å². The Bertz CT molecular complexity index is 685. The monoisotopic (exact) mass is 327 g/mol. The topological polar surface area (TPSA) is 75.4 Å². The van der Waals surface area contributed by atoms with Crippen LogP contribution in [-0.4, -0.2) is 34.3 Å². The molecule has 2 atom stereocenters. The molecular weight excluding hydrogens is 306 g/mol. The Hall–Kier alpha value is -2.63. The number of piperidine rings is 1. The number of amides is 2. The van der Waals surface area contributed by atoms with Gasteiger partial charge in [0.25, 0.3) is 5.91 Å². The molecule has 1 N–H and O–H groups in total. The van der Waals surface area contributed by atoms with Gasteiger partial charge >= 0.3 is 0 Å². The van der Waals surface area contributed by atoms with Crippen LogP contribution >= 0.6 is 0 Å². The van der Waals surface area contributed by atoms with E-state index in [2.05, 4.69) is 10.3 Å². The average Bonchev–Trinajstić information content (AvgIpc) is 3.16. The lowest BCUT2D eigenvalue weighted by molar-refractivity contribution is -0.127. The van der Waals surface area contributed by atoms with Gasteiger partial charge in [-0.25, -0.2) is 0 Å². The fraction of sp³-hybridized carbons (Fsp3) is 0.389. The number of nitrogens with one attached hydrogen (secondary N) is 1. The number of aromatic nitrogens is 1. The molecule has 1 fully saturated rings. The molecule has 1 aliphatic rings. The third-order valence-corrected chi connectivity index (χ3v) is 4.36. The highest BCUT2D eigenvalue weighted by molar-refractivity contribution is 5.95. The van der Waals surface area contributed by atoms with E-state index < -0.39 is 6.04 Å². The Balaban J connectivity index is 1.70. The lowest BCUT2D eigenvalue weighted by Gasteiger charge is -2.34. The second-order valence-corrected chi connectivity index (χ2v) is 6.00. The van der Waals surface area contributed by atoms with Gasteiger partial charge in [-0.15, -0.1) is 0 Å². The molecule has 1 aliphatic heterocycles. The van der Waals surface area contributed by atoms with Crippen molar-refractivity contribution in [3.63, 3.8) is 0 Å². The van der Waals surface area contributed by atoms with E-state index in [4.69, 9.17) is 4.42 Å². The molecule has 0 aliphatic carbocycles. The quantitative estimate of drug-likeness (QED) is 0.936. The summed E-state index contributed by atoms with van der Waals surface area (Å²) < 4.78 is 5.20. The number of furan rings is 1. The summed E-state index contributed by atoms with van der Waals surface area (Å²) in [5.41, 5.74) is 0.984. The molecule has 2 unspecified atom stereocenters. The van der Waals surface area contributed by atoms with Crippen molar-refractivity contribution in [3.05, 3.63) is 54.2 Å². The highest BCUT2D eigenvalue weighted by atomic mass is 16.3. The van der Waals surface area contributed by atoms with Crippen LogP contribution < -0.4 is 5.32 Å². The number of hydrogen-bond donors (Lipinski definition) is 1. The normalized spacial score (nSPS) is 18.9. The molecule has 3 heterocycles. The number of carbonyl (C=O) groups is 2. The van der Waals surface area contributed by atoms with E-state index in [-0.39, 0.29) is 23.6 Å². The van der Waals surface area contributed by atoms with Crippen molar-refractivity contribution >= 4 is 11.8 Å². The minimum absolute atomic E-state index is 0.126. The lowest BCUT2D eigenvalue weighted by atomic mass is 10.00. The van der Waals surface area contributed by atoms with Crippen molar-refractivity contribution in [1.29, 1.82) is 0 Å². The van der Waals surface area contributed by atoms with Crippen LogP contribution in [0.4, 0.5) is 0 Å². The van der Waals surface area contributed by atoms with Gasteiger partial charge in [0.15, 0.2) is 5.76 Å². The van der Waals surface area contributed by atoms with Crippen molar-refractivity contribution in [2.75, 3.05) is 6.54 Å². The lowest BCUT2D eigenvalue weighted by Crippen LogP contribution is -2.52. The first kappa shape index (κ1) is 16.2. The predicted molar refractivity (Wildman–Crippen MR) is 88.2 cm³/mol. The molecule has 0 radical (unpaired) electrons. The third-order valence-electron chi connectivity index (χ3n) is 4.36. The van der Waals surface area contributed by atoms with Gasteiger partial charge in [0, 0.05) is 18.9 Å². The highest BCUT2D eigenvalue weighted by Crippen LogP contribution is 2.21. The summed E-state index contributed by atoms with van der Waals surface area (Å²) in [7, 11) is 0. The summed E-state index contributed by atoms with van der Waals surface area (Å²) in [4.78, 5) is 30.9. The van der Waals surface area contributed by atoms with E-state index in [0.29, 0.717) is 13.0 Å². The van der Waals surface area contributed by atoms with Gasteiger partial charge in [0.1, 0.15) is 6.04 Å². The molecule has 1 saturated heterocycles. The molecule has 24 heavy (non-hydrogen) atoms. The number of pyridine rings is 1. The molecule has 0 aromatic carbocycles. The minimum Gasteiger partial charge on any atom is -0.459 e. The van der Waals surface area contributed by atoms with E-state index in [9.17, 15) is 9.59 Å². The summed E-state index contributed by atoms with van der Waals surface area (Å²) in [6, 6.07) is 6.46. The Morgan fingerprint density at radius 3 is 2.79 bits per heavy atom. The Labute approximate surface area is 140 Å². The largest absolute Gasteiger partial charge is 0.459 e. The van der Waals surface area contributed by atoms with Gasteiger partial charge in [-0.1, -0.05) is 0 Å². The summed E-state index contributed by atoms with van der Waals surface area (Å²) >= 11 is 0. The molecule has 126 valence electrons. The second kappa shape index (κ2) is 7.29. The van der Waals surface area contributed by atoms with Crippen molar-refractivity contribution in [2.45, 2.75) is 38.3 Å². The van der Waals surface area contributed by atoms with Crippen molar-refractivity contribution in [2.24, 2.45) is 0 Å². The molecule has 0 bridgehead atoms. The van der Waals surface area contributed by atoms with Crippen LogP contribution in [-0.2, 0) is 4.79 Å². The minimum atomic E-state index is -0.458. The molecule has 0 spiro atoms. The first-order chi connectivity index (χ1) is 11.7. The van der Waals surface area contributed by atoms with E-state index >= 15 is 0 Å². The Morgan fingerprint density at radius 1 is 1.29 bits per heavy atom. The molecule has 3 rings (SSSR count). The molecule has 2 amide bonds. The molecule has 6 heteroatoms. The smallest absolute Gasteiger partial charge is 0.290 e. The maximum Gasteiger partial charge on any atom is 0.290 e. The zero-order valence-electron chi connectivity index (χ0n) is 13.6. The van der Waals surface area contributed by atoms with Crippen molar-refractivity contribution in [3.8, 4) is 0 Å². The van der Waals surface area contributed by atoms with Crippen LogP contribution in [0.1, 0.15) is 48.3 Å². The van der Waals surface area contributed by atoms with Crippen LogP contribution in [0.15, 0.2) is 47.3 Å². The zero-order valence-corrected chi connectivity index (χ0v) is 13.6. The summed E-state index contributed by atoms with van der Waals surface area (Å²) in [6.45, 7) is 2.50. The van der Waals surface area contributed by atoms with E-state index in [1.807, 2.05) is 19.1 Å². The third kappa shape index (κ3) is 3.48. The summed E-state index contributed by atoms with van der Waals surface area (Å²) in [5, 5.41) is 3.00. The number of nitrogens with zero attached hydrogens (tertiary/aromatic N) is 2. The first-order valence-electron chi connectivity index (χ1n) is 8.21. The summed E-state index contributed by atoms with van der Waals surface area (Å²) in [5.74, 6) is -0.0767. The fourth-order valence-corrected chi connectivity index (χ4v) is 3.03. The van der Waals surface area contributed by atoms with Gasteiger partial charge in [0.2, 0.25) is 5.91 Å². The molecule has 2 aromatic rings. The number of hydrogen-bond acceptors (Lipinski definition) is 4. The van der Waals surface area contributed by atoms with Crippen molar-refractivity contribution in [1.82, 2.24) is 15.2 Å². The van der Waals surface area contributed by atoms with Gasteiger partial charge < -0.3 is 14.6 Å². The SMILES string of the molecule is CC(NC(=O)C1CCCCN1C(=O)c1ccco1)c1ccncc1. The van der Waals surface area contributed by atoms with Crippen LogP contribution in [0.5, 0.6) is 0 Å². The van der Waals surface area contributed by atoms with E-state index in [1.54, 1.807) is 29.4 Å². The van der Waals surface area contributed by atoms with Crippen LogP contribution in [0.25, 0.3) is 0 Å². The van der Waals surface area contributed by atoms with Crippen molar-refractivity contribution < 1.29 is 14.0 Å². The molecule has 6 nitrogen and oxygen atoms in total. The number of carbonyl (C=O) groups excluding carboxylic acids is 2. The standard InChI is InChI=1S/C18H21N3O3/c1-13(14-7-9-19-10-8-14)20-17(22)15-5-2-3-11-21(15)18(23)16-6-4-12-24-16/h4,6-10,12-13,15H,2-3,5,11H2,1H3,(H,20,22). The second-order valence-electron chi connectivity index (χ2n) is 6.00. The Morgan fingerprint density at radius 2 is 2.08 bits per heavy atom. The number of likely N-dealkylation sites (tertiary alicyclic amines) is 1. The zero-order chi connectivity index (χ0) is 16.9. The van der Waals surface area contributed by atoms with E-state index in [0.717, 1.165) is 18.4 Å². The Kier molecular flexibility index (Phi) is 4.93. The first-order valence-corrected chi connectivity index (χ1v) is 8.21. The van der Waals surface area contributed by atoms with E-state index in [1.165, 1.54) is 6.26 Å². The molecule has 0 saturated carbocycles. The van der Waals surface area contributed by atoms with Crippen LogP contribution in [0.3, 0.4) is 0 Å². The van der Waals surface area contributed by atoms with Crippen LogP contribution in [0, 0.1) is 0 Å². The fourth-order valence-electron chi connectivity index (χ4n) is 3.03. The highest BCUT2D eigenvalue weighted by Gasteiger charge is 2.34. The van der Waals surface area contributed by atoms with Crippen LogP contribution in [0.2, 0.25) is 0 Å². The van der Waals surface area contributed by atoms with Gasteiger partial charge in [-0.2, -0.15) is 0 Å². The molecule has 2 aromatic heterocycles. The maximum atomic E-state index is 12.7. The van der Waals surface area contributed by atoms with Gasteiger partial charge in [-0.3, -0.25) is 14.6 Å². The maximum absolute atomic E-state index is 12.7. The predicted octanol–water partition coefficient (Wildman–Crippen LogP) is 2.55.